The summed E-state index contributed by atoms with van der Waals surface area (Å²) in [6.45, 7) is 17.5. The average molecular weight is 486 g/mol. The molecule has 4 unspecified atom stereocenters. The van der Waals surface area contributed by atoms with Crippen molar-refractivity contribution in [3.05, 3.63) is 11.6 Å². The molecule has 35 heavy (non-hydrogen) atoms. The molecule has 0 bridgehead atoms. The van der Waals surface area contributed by atoms with Crippen LogP contribution >= 0.6 is 0 Å². The third-order valence-electron chi connectivity index (χ3n) is 11.2. The monoisotopic (exact) mass is 485 g/mol. The van der Waals surface area contributed by atoms with Crippen LogP contribution < -0.4 is 5.32 Å². The maximum Gasteiger partial charge on any atom is 0.407 e. The number of hydrogen-bond donors (Lipinski definition) is 1. The van der Waals surface area contributed by atoms with Gasteiger partial charge in [-0.15, -0.1) is 0 Å². The van der Waals surface area contributed by atoms with Gasteiger partial charge in [0.05, 0.1) is 0 Å². The van der Waals surface area contributed by atoms with Gasteiger partial charge in [-0.2, -0.15) is 0 Å². The van der Waals surface area contributed by atoms with E-state index in [0.29, 0.717) is 23.3 Å². The summed E-state index contributed by atoms with van der Waals surface area (Å²) in [5.74, 6) is 5.68. The molecule has 3 fully saturated rings. The molecule has 0 saturated heterocycles. The molecular weight excluding hydrogens is 430 g/mol. The van der Waals surface area contributed by atoms with E-state index in [1.165, 1.54) is 57.8 Å². The number of rotatable bonds is 8. The fraction of sp³-hybridized carbons (Fsp3) is 0.906. The molecule has 4 aliphatic rings. The van der Waals surface area contributed by atoms with E-state index >= 15 is 0 Å². The number of allylic oxidation sites excluding steroid dienone is 1. The number of carbonyl (C=O) groups excluding carboxylic acids is 1. The zero-order valence-corrected chi connectivity index (χ0v) is 24.0. The zero-order chi connectivity index (χ0) is 25.4. The molecule has 0 aromatic carbocycles. The summed E-state index contributed by atoms with van der Waals surface area (Å²) in [4.78, 5) is 12.3. The van der Waals surface area contributed by atoms with E-state index in [-0.39, 0.29) is 12.2 Å². The van der Waals surface area contributed by atoms with Gasteiger partial charge in [0, 0.05) is 13.0 Å². The summed E-state index contributed by atoms with van der Waals surface area (Å²) in [5.41, 5.74) is 2.47. The highest BCUT2D eigenvalue weighted by molar-refractivity contribution is 5.67. The molecule has 4 aliphatic carbocycles. The number of ether oxygens (including phenoxy) is 1. The van der Waals surface area contributed by atoms with Crippen LogP contribution in [-0.4, -0.2) is 18.7 Å². The Hall–Kier alpha value is -0.990. The van der Waals surface area contributed by atoms with E-state index in [1.807, 2.05) is 0 Å². The molecule has 0 aromatic heterocycles. The first-order valence-corrected chi connectivity index (χ1v) is 15.2. The molecule has 0 heterocycles. The van der Waals surface area contributed by atoms with Crippen molar-refractivity contribution in [2.75, 3.05) is 6.54 Å². The second-order valence-electron chi connectivity index (χ2n) is 14.3. The summed E-state index contributed by atoms with van der Waals surface area (Å²) in [6, 6.07) is 0. The molecule has 3 saturated carbocycles. The van der Waals surface area contributed by atoms with E-state index in [0.717, 1.165) is 48.3 Å². The van der Waals surface area contributed by atoms with Crippen LogP contribution in [0.4, 0.5) is 4.79 Å². The topological polar surface area (TPSA) is 38.3 Å². The number of fused-ring (bicyclic) bond motifs is 5. The molecule has 8 atom stereocenters. The maximum absolute atomic E-state index is 12.3. The lowest BCUT2D eigenvalue weighted by Gasteiger charge is -2.58. The normalized spacial score (nSPS) is 39.5. The minimum atomic E-state index is -0.227. The highest BCUT2D eigenvalue weighted by Gasteiger charge is 2.59. The van der Waals surface area contributed by atoms with Crippen LogP contribution in [0.25, 0.3) is 0 Å². The molecule has 0 aromatic rings. The Morgan fingerprint density at radius 1 is 1.00 bits per heavy atom. The van der Waals surface area contributed by atoms with Gasteiger partial charge in [-0.3, -0.25) is 0 Å². The third-order valence-corrected chi connectivity index (χ3v) is 11.2. The van der Waals surface area contributed by atoms with Crippen molar-refractivity contribution in [1.29, 1.82) is 0 Å². The Kier molecular flexibility index (Phi) is 8.33. The molecule has 0 spiro atoms. The number of carbonyl (C=O) groups is 1. The molecule has 3 nitrogen and oxygen atoms in total. The largest absolute Gasteiger partial charge is 0.446 e. The molecule has 3 heteroatoms. The highest BCUT2D eigenvalue weighted by atomic mass is 16.6. The average Bonchev–Trinajstić information content (AvgIpc) is 3.15. The molecular formula is C32H55NO2. The summed E-state index contributed by atoms with van der Waals surface area (Å²) in [5, 5.41) is 2.94. The van der Waals surface area contributed by atoms with Gasteiger partial charge in [-0.05, 0) is 97.2 Å². The lowest BCUT2D eigenvalue weighted by molar-refractivity contribution is -0.0581. The lowest BCUT2D eigenvalue weighted by Crippen LogP contribution is -2.51. The van der Waals surface area contributed by atoms with E-state index in [2.05, 4.69) is 59.9 Å². The van der Waals surface area contributed by atoms with Gasteiger partial charge in [-0.1, -0.05) is 79.4 Å². The van der Waals surface area contributed by atoms with Crippen molar-refractivity contribution in [1.82, 2.24) is 5.32 Å². The van der Waals surface area contributed by atoms with Gasteiger partial charge < -0.3 is 10.1 Å². The van der Waals surface area contributed by atoms with Crippen molar-refractivity contribution in [2.24, 2.45) is 52.3 Å². The molecule has 200 valence electrons. The van der Waals surface area contributed by atoms with Crippen LogP contribution in [0.5, 0.6) is 0 Å². The molecule has 0 aliphatic heterocycles. The Bertz CT molecular complexity index is 772. The smallest absolute Gasteiger partial charge is 0.407 e. The summed E-state index contributed by atoms with van der Waals surface area (Å²) in [7, 11) is 0. The Balaban J connectivity index is 1.40. The fourth-order valence-corrected chi connectivity index (χ4v) is 9.23. The van der Waals surface area contributed by atoms with Gasteiger partial charge >= 0.3 is 6.09 Å². The predicted octanol–water partition coefficient (Wildman–Crippen LogP) is 8.78. The van der Waals surface area contributed by atoms with Crippen molar-refractivity contribution < 1.29 is 9.53 Å². The predicted molar refractivity (Wildman–Crippen MR) is 146 cm³/mol. The van der Waals surface area contributed by atoms with Crippen LogP contribution in [-0.2, 0) is 4.74 Å². The quantitative estimate of drug-likeness (QED) is 0.349. The van der Waals surface area contributed by atoms with E-state index in [1.54, 1.807) is 5.57 Å². The first-order valence-electron chi connectivity index (χ1n) is 15.2. The minimum Gasteiger partial charge on any atom is -0.446 e. The van der Waals surface area contributed by atoms with Crippen molar-refractivity contribution in [2.45, 2.75) is 125 Å². The number of nitrogens with one attached hydrogen (secondary N) is 1. The van der Waals surface area contributed by atoms with Crippen LogP contribution in [0, 0.1) is 52.3 Å². The molecule has 1 amide bonds. The Morgan fingerprint density at radius 2 is 1.77 bits per heavy atom. The number of alkyl carbamates (subject to hydrolysis) is 1. The van der Waals surface area contributed by atoms with Crippen molar-refractivity contribution in [3.63, 3.8) is 0 Å². The van der Waals surface area contributed by atoms with E-state index < -0.39 is 0 Å². The lowest BCUT2D eigenvalue weighted by atomic mass is 9.47. The van der Waals surface area contributed by atoms with Gasteiger partial charge in [-0.25, -0.2) is 4.79 Å². The van der Waals surface area contributed by atoms with Crippen LogP contribution in [0.1, 0.15) is 119 Å². The molecule has 0 radical (unpaired) electrons. The second-order valence-corrected chi connectivity index (χ2v) is 14.3. The van der Waals surface area contributed by atoms with E-state index in [9.17, 15) is 4.79 Å². The molecule has 4 rings (SSSR count). The summed E-state index contributed by atoms with van der Waals surface area (Å²) >= 11 is 0. The second kappa shape index (κ2) is 10.8. The number of amides is 1. The van der Waals surface area contributed by atoms with Gasteiger partial charge in [0.1, 0.15) is 6.10 Å². The van der Waals surface area contributed by atoms with Crippen LogP contribution in [0.15, 0.2) is 11.6 Å². The standard InChI is InChI=1S/C32H55NO2/c1-21(2)9-8-10-23(5)27-13-14-28-26-12-11-24-19-25(35-30(34)33-20-22(3)4)15-17-31(24,6)29(26)16-18-32(27,28)7/h11,21-23,25-29H,8-10,12-20H2,1-7H3,(H,33,34)/t23-,25+,26?,27?,28?,29?,31+,32-/m1/s1. The van der Waals surface area contributed by atoms with Gasteiger partial charge in [0.15, 0.2) is 0 Å². The van der Waals surface area contributed by atoms with E-state index in [4.69, 9.17) is 4.74 Å². The van der Waals surface area contributed by atoms with Crippen molar-refractivity contribution >= 4 is 6.09 Å². The summed E-state index contributed by atoms with van der Waals surface area (Å²) in [6.07, 6.45) is 16.8. The van der Waals surface area contributed by atoms with Gasteiger partial charge in [0.2, 0.25) is 0 Å². The molecule has 1 N–H and O–H groups in total. The van der Waals surface area contributed by atoms with Crippen LogP contribution in [0.2, 0.25) is 0 Å². The van der Waals surface area contributed by atoms with Crippen LogP contribution in [0.3, 0.4) is 0 Å². The highest BCUT2D eigenvalue weighted by Crippen LogP contribution is 2.67. The fourth-order valence-electron chi connectivity index (χ4n) is 9.23. The SMILES string of the molecule is CC(C)CCC[C@@H](C)C1CCC2C3CC=C4C[C@@H](OC(=O)NCC(C)C)CC[C@]4(C)C3CC[C@@]21C. The summed E-state index contributed by atoms with van der Waals surface area (Å²) < 4.78 is 5.85. The van der Waals surface area contributed by atoms with Gasteiger partial charge in [0.25, 0.3) is 0 Å². The first-order chi connectivity index (χ1) is 16.5. The number of hydrogen-bond acceptors (Lipinski definition) is 2. The first kappa shape index (κ1) is 27.1. The van der Waals surface area contributed by atoms with Crippen molar-refractivity contribution in [3.8, 4) is 0 Å². The third kappa shape index (κ3) is 5.49. The minimum absolute atomic E-state index is 0.0504. The maximum atomic E-state index is 12.3. The zero-order valence-electron chi connectivity index (χ0n) is 24.0. The Morgan fingerprint density at radius 3 is 2.49 bits per heavy atom. The Labute approximate surface area is 216 Å².